The third-order valence-electron chi connectivity index (χ3n) is 8.93. The van der Waals surface area contributed by atoms with Crippen LogP contribution in [0, 0.1) is 34.7 Å². The number of rotatable bonds is 16. The molecule has 0 aliphatic carbocycles. The zero-order valence-electron chi connectivity index (χ0n) is 30.7. The number of aromatic nitrogens is 3. The summed E-state index contributed by atoms with van der Waals surface area (Å²) in [5.41, 5.74) is -1.68. The maximum atomic E-state index is 15.7. The van der Waals surface area contributed by atoms with Gasteiger partial charge in [0.25, 0.3) is 0 Å². The summed E-state index contributed by atoms with van der Waals surface area (Å²) < 4.78 is 73.4. The summed E-state index contributed by atoms with van der Waals surface area (Å²) in [5, 5.41) is 20.8. The second kappa shape index (κ2) is 19.4. The van der Waals surface area contributed by atoms with Crippen molar-refractivity contribution in [2.24, 2.45) is 5.92 Å². The molecule has 0 radical (unpaired) electrons. The number of benzene rings is 2. The summed E-state index contributed by atoms with van der Waals surface area (Å²) in [4.78, 5) is 54.4. The van der Waals surface area contributed by atoms with Gasteiger partial charge in [-0.2, -0.15) is 10.4 Å². The fourth-order valence-corrected chi connectivity index (χ4v) is 7.27. The van der Waals surface area contributed by atoms with Crippen LogP contribution in [0.15, 0.2) is 67.3 Å². The van der Waals surface area contributed by atoms with Crippen LogP contribution in [0.1, 0.15) is 43.4 Å². The average molecular weight is 814 g/mol. The van der Waals surface area contributed by atoms with E-state index in [0.29, 0.717) is 6.07 Å². The molecule has 3 aromatic rings. The number of halogens is 3. The van der Waals surface area contributed by atoms with Gasteiger partial charge in [-0.05, 0) is 37.3 Å². The van der Waals surface area contributed by atoms with Crippen LogP contribution in [0.25, 0.3) is 6.08 Å². The largest absolute Gasteiger partial charge is 0.512 e. The number of carbonyl (C=O) groups excluding carboxylic acids is 3. The number of nitriles is 1. The molecule has 3 atom stereocenters. The first-order chi connectivity index (χ1) is 27.3. The van der Waals surface area contributed by atoms with Crippen LogP contribution in [0.5, 0.6) is 0 Å². The Morgan fingerprint density at radius 1 is 1.05 bits per heavy atom. The normalized spacial score (nSPS) is 19.3. The van der Waals surface area contributed by atoms with E-state index >= 15 is 4.39 Å². The third-order valence-corrected chi connectivity index (χ3v) is 10.4. The molecule has 0 spiro atoms. The number of likely N-dealkylation sites (tertiary alicyclic amines) is 1. The predicted octanol–water partition coefficient (Wildman–Crippen LogP) is 4.96. The van der Waals surface area contributed by atoms with E-state index < -0.39 is 70.8 Å². The molecule has 0 saturated carbocycles. The second-order valence-corrected chi connectivity index (χ2v) is 14.6. The summed E-state index contributed by atoms with van der Waals surface area (Å²) in [7, 11) is 0. The highest BCUT2D eigenvalue weighted by molar-refractivity contribution is 8.00. The van der Waals surface area contributed by atoms with Gasteiger partial charge < -0.3 is 33.7 Å². The van der Waals surface area contributed by atoms with Gasteiger partial charge in [-0.3, -0.25) is 14.4 Å². The highest BCUT2D eigenvalue weighted by Crippen LogP contribution is 2.42. The number of thioether (sulfide) groups is 1. The van der Waals surface area contributed by atoms with Gasteiger partial charge in [0.05, 0.1) is 49.0 Å². The number of ether oxygens (including phenoxy) is 5. The van der Waals surface area contributed by atoms with Crippen LogP contribution >= 0.6 is 11.8 Å². The van der Waals surface area contributed by atoms with Crippen LogP contribution < -0.4 is 0 Å². The van der Waals surface area contributed by atoms with Gasteiger partial charge in [-0.25, -0.2) is 27.6 Å². The Kier molecular flexibility index (Phi) is 14.5. The van der Waals surface area contributed by atoms with Crippen molar-refractivity contribution in [3.63, 3.8) is 0 Å². The number of carboxylic acid groups (broad SMARTS) is 1. The van der Waals surface area contributed by atoms with E-state index in [0.717, 1.165) is 18.2 Å². The number of esters is 1. The summed E-state index contributed by atoms with van der Waals surface area (Å²) in [5.74, 6) is -5.45. The number of amides is 1. The molecule has 1 N–H and O–H groups in total. The van der Waals surface area contributed by atoms with Crippen molar-refractivity contribution in [3.8, 4) is 6.07 Å². The molecule has 5 rings (SSSR count). The van der Waals surface area contributed by atoms with Crippen LogP contribution in [-0.4, -0.2) is 98.2 Å². The van der Waals surface area contributed by atoms with Crippen molar-refractivity contribution < 1.29 is 61.1 Å². The van der Waals surface area contributed by atoms with E-state index in [1.165, 1.54) is 59.1 Å². The smallest absolute Gasteiger partial charge is 0.481 e. The quantitative estimate of drug-likeness (QED) is 0.116. The first-order valence-corrected chi connectivity index (χ1v) is 18.5. The van der Waals surface area contributed by atoms with E-state index in [9.17, 15) is 28.0 Å². The van der Waals surface area contributed by atoms with Crippen molar-refractivity contribution >= 4 is 41.8 Å². The Morgan fingerprint density at radius 2 is 1.81 bits per heavy atom. The number of hydrogen-bond donors (Lipinski definition) is 1. The van der Waals surface area contributed by atoms with Crippen LogP contribution in [0.2, 0.25) is 0 Å². The zero-order chi connectivity index (χ0) is 41.1. The number of carbonyl (C=O) groups is 4. The lowest BCUT2D eigenvalue weighted by atomic mass is 9.89. The van der Waals surface area contributed by atoms with E-state index in [2.05, 4.69) is 10.1 Å². The van der Waals surface area contributed by atoms with Crippen molar-refractivity contribution in [2.45, 2.75) is 61.9 Å². The lowest BCUT2D eigenvalue weighted by Gasteiger charge is -2.40. The molecular weight excluding hydrogens is 776 g/mol. The molecule has 0 bridgehead atoms. The molecule has 2 aromatic carbocycles. The molecule has 15 nitrogen and oxygen atoms in total. The monoisotopic (exact) mass is 813 g/mol. The first kappa shape index (κ1) is 42.4. The SMILES string of the molecule is CC(OC(=O)CCC(=O)N1CC(C(=O)O)C1)OC(=O)O[C@@](Cn1cncn1)(c1ccc(F)cc1F)[C@@H](C)SC1COC(/C=C/C=C/c2ccc(C#N)cc2F)OC1. The molecule has 2 aliphatic heterocycles. The van der Waals surface area contributed by atoms with E-state index in [-0.39, 0.29) is 67.6 Å². The highest BCUT2D eigenvalue weighted by Gasteiger charge is 2.47. The van der Waals surface area contributed by atoms with E-state index in [4.69, 9.17) is 34.1 Å². The molecule has 57 heavy (non-hydrogen) atoms. The van der Waals surface area contributed by atoms with Crippen molar-refractivity contribution in [1.29, 1.82) is 5.26 Å². The minimum atomic E-state index is -1.95. The Bertz CT molecular complexity index is 2020. The number of allylic oxidation sites excluding steroid dienone is 2. The fraction of sp³-hybridized carbons (Fsp3) is 0.395. The molecule has 2 saturated heterocycles. The second-order valence-electron chi connectivity index (χ2n) is 13.0. The van der Waals surface area contributed by atoms with Gasteiger partial charge in [-0.1, -0.05) is 24.3 Å². The summed E-state index contributed by atoms with van der Waals surface area (Å²) in [6.45, 7) is 2.92. The molecule has 19 heteroatoms. The molecule has 1 amide bonds. The van der Waals surface area contributed by atoms with Gasteiger partial charge >= 0.3 is 18.1 Å². The zero-order valence-corrected chi connectivity index (χ0v) is 31.5. The van der Waals surface area contributed by atoms with Crippen LogP contribution in [0.4, 0.5) is 18.0 Å². The Balaban J connectivity index is 1.23. The number of carboxylic acids is 1. The summed E-state index contributed by atoms with van der Waals surface area (Å²) in [6, 6.07) is 8.77. The summed E-state index contributed by atoms with van der Waals surface area (Å²) >= 11 is 1.22. The first-order valence-electron chi connectivity index (χ1n) is 17.6. The topological polar surface area (TPSA) is 192 Å². The van der Waals surface area contributed by atoms with Gasteiger partial charge in [0, 0.05) is 48.9 Å². The molecule has 2 aliphatic rings. The Morgan fingerprint density at radius 3 is 2.46 bits per heavy atom. The standard InChI is InChI=1S/C38H38F3N5O10S/c1-23(57-29-18-52-35(53-19-29)6-4-3-5-26-8-7-25(15-42)13-31(26)40)38(20-46-22-43-21-44-46,30-10-9-28(39)14-32(30)41)56-37(51)55-24(2)54-34(48)12-11-33(47)45-16-27(17-45)36(49)50/h3-10,13-14,21-24,27,29,35H,11-12,16-20H2,1-2H3,(H,49,50)/b5-3+,6-4+/t23-,24?,29?,35?,38-/m1/s1. The Labute approximate surface area is 329 Å². The molecular formula is C38H38F3N5O10S. The molecule has 1 aromatic heterocycles. The maximum Gasteiger partial charge on any atom is 0.512 e. The van der Waals surface area contributed by atoms with E-state index in [1.807, 2.05) is 6.07 Å². The predicted molar refractivity (Wildman–Crippen MR) is 194 cm³/mol. The van der Waals surface area contributed by atoms with Crippen molar-refractivity contribution in [3.05, 3.63) is 101 Å². The number of aliphatic carboxylic acids is 1. The van der Waals surface area contributed by atoms with Gasteiger partial charge in [0.15, 0.2) is 11.9 Å². The van der Waals surface area contributed by atoms with Crippen molar-refractivity contribution in [2.75, 3.05) is 26.3 Å². The van der Waals surface area contributed by atoms with Gasteiger partial charge in [0.1, 0.15) is 30.1 Å². The van der Waals surface area contributed by atoms with E-state index in [1.54, 1.807) is 25.2 Å². The number of nitrogens with zero attached hydrogens (tertiary/aromatic N) is 5. The average Bonchev–Trinajstić information content (AvgIpc) is 3.65. The molecule has 302 valence electrons. The Hall–Kier alpha value is -5.71. The molecule has 1 unspecified atom stereocenters. The number of hydrogen-bond acceptors (Lipinski definition) is 13. The lowest BCUT2D eigenvalue weighted by molar-refractivity contribution is -0.173. The van der Waals surface area contributed by atoms with Crippen LogP contribution in [0.3, 0.4) is 0 Å². The fourth-order valence-electron chi connectivity index (χ4n) is 5.91. The maximum absolute atomic E-state index is 15.7. The van der Waals surface area contributed by atoms with Gasteiger partial charge in [-0.15, -0.1) is 11.8 Å². The summed E-state index contributed by atoms with van der Waals surface area (Å²) in [6.07, 6.45) is 4.57. The highest BCUT2D eigenvalue weighted by atomic mass is 32.2. The van der Waals surface area contributed by atoms with Gasteiger partial charge in [0.2, 0.25) is 12.2 Å². The lowest BCUT2D eigenvalue weighted by Crippen LogP contribution is -2.53. The van der Waals surface area contributed by atoms with Crippen LogP contribution in [-0.2, 0) is 50.2 Å². The minimum absolute atomic E-state index is 0.0414. The third kappa shape index (κ3) is 11.4. The molecule has 2 fully saturated rings. The minimum Gasteiger partial charge on any atom is -0.481 e. The molecule has 3 heterocycles. The van der Waals surface area contributed by atoms with Crippen molar-refractivity contribution in [1.82, 2.24) is 19.7 Å².